The quantitative estimate of drug-likeness (QED) is 0.134. The minimum Gasteiger partial charge on any atom is -0.494 e. The van der Waals surface area contributed by atoms with Crippen molar-refractivity contribution in [2.45, 2.75) is 71.1 Å². The van der Waals surface area contributed by atoms with Gasteiger partial charge < -0.3 is 14.7 Å². The van der Waals surface area contributed by atoms with Crippen LogP contribution >= 0.6 is 0 Å². The highest BCUT2D eigenvalue weighted by Gasteiger charge is 2.32. The van der Waals surface area contributed by atoms with E-state index in [0.717, 1.165) is 35.4 Å². The molecule has 42 heavy (non-hydrogen) atoms. The number of carboxylic acid groups (broad SMARTS) is 1. The minimum absolute atomic E-state index is 0.0293. The predicted molar refractivity (Wildman–Crippen MR) is 156 cm³/mol. The summed E-state index contributed by atoms with van der Waals surface area (Å²) in [6, 6.07) is 18.4. The van der Waals surface area contributed by atoms with Crippen molar-refractivity contribution in [3.63, 3.8) is 0 Å². The highest BCUT2D eigenvalue weighted by molar-refractivity contribution is 6.31. The number of nitrogens with zero attached hydrogens (tertiary/aromatic N) is 1. The first-order chi connectivity index (χ1) is 20.1. The van der Waals surface area contributed by atoms with E-state index in [1.165, 1.54) is 42.7 Å². The molecule has 1 unspecified atom stereocenters. The van der Waals surface area contributed by atoms with Gasteiger partial charge in [0.25, 0.3) is 0 Å². The van der Waals surface area contributed by atoms with Crippen molar-refractivity contribution < 1.29 is 32.6 Å². The minimum atomic E-state index is -4.49. The summed E-state index contributed by atoms with van der Waals surface area (Å²) in [6.07, 6.45) is 1.73. The van der Waals surface area contributed by atoms with Gasteiger partial charge >= 0.3 is 18.1 Å². The van der Waals surface area contributed by atoms with E-state index in [2.05, 4.69) is 18.8 Å². The van der Waals surface area contributed by atoms with Crippen LogP contribution in [0.25, 0.3) is 0 Å². The van der Waals surface area contributed by atoms with E-state index in [4.69, 9.17) is 4.74 Å². The molecule has 3 aromatic carbocycles. The molecule has 0 fully saturated rings. The van der Waals surface area contributed by atoms with Crippen molar-refractivity contribution in [1.82, 2.24) is 4.90 Å². The number of halogens is 3. The maximum absolute atomic E-state index is 13.0. The predicted octanol–water partition coefficient (Wildman–Crippen LogP) is 8.02. The van der Waals surface area contributed by atoms with Gasteiger partial charge in [0.1, 0.15) is 5.75 Å². The van der Waals surface area contributed by atoms with Crippen LogP contribution in [-0.4, -0.2) is 28.5 Å². The van der Waals surface area contributed by atoms with Crippen LogP contribution in [0.4, 0.5) is 13.2 Å². The number of amides is 1. The summed E-state index contributed by atoms with van der Waals surface area (Å²) in [5, 5.41) is 9.43. The van der Waals surface area contributed by atoms with E-state index in [1.54, 1.807) is 31.2 Å². The molecule has 0 saturated heterocycles. The summed E-state index contributed by atoms with van der Waals surface area (Å²) in [5.74, 6) is 4.25. The van der Waals surface area contributed by atoms with Crippen LogP contribution in [0.3, 0.4) is 0 Å². The van der Waals surface area contributed by atoms with Crippen molar-refractivity contribution in [1.29, 1.82) is 0 Å². The molecule has 5 nitrogen and oxygen atoms in total. The molecule has 222 valence electrons. The third-order valence-corrected chi connectivity index (χ3v) is 6.86. The molecule has 8 heteroatoms. The van der Waals surface area contributed by atoms with Crippen LogP contribution in [0.2, 0.25) is 0 Å². The maximum Gasteiger partial charge on any atom is 0.416 e. The number of unbranched alkanes of at least 4 members (excludes halogenated alkanes) is 4. The Kier molecular flexibility index (Phi) is 12.0. The molecule has 0 aliphatic rings. The molecule has 0 aliphatic heterocycles. The van der Waals surface area contributed by atoms with Crippen LogP contribution < -0.4 is 4.74 Å². The summed E-state index contributed by atoms with van der Waals surface area (Å²) >= 11 is 0. The van der Waals surface area contributed by atoms with Crippen molar-refractivity contribution in [3.05, 3.63) is 101 Å². The lowest BCUT2D eigenvalue weighted by Crippen LogP contribution is -2.38. The van der Waals surface area contributed by atoms with Gasteiger partial charge in [0, 0.05) is 17.7 Å². The van der Waals surface area contributed by atoms with E-state index < -0.39 is 29.7 Å². The zero-order chi connectivity index (χ0) is 30.5. The first-order valence-corrected chi connectivity index (χ1v) is 14.2. The van der Waals surface area contributed by atoms with Gasteiger partial charge in [-0.25, -0.2) is 4.79 Å². The summed E-state index contributed by atoms with van der Waals surface area (Å²) in [7, 11) is 0. The van der Waals surface area contributed by atoms with Gasteiger partial charge in [-0.3, -0.25) is 4.79 Å². The number of rotatable bonds is 12. The number of benzene rings is 3. The molecular weight excluding hydrogens is 543 g/mol. The zero-order valence-electron chi connectivity index (χ0n) is 23.9. The first-order valence-electron chi connectivity index (χ1n) is 14.2. The zero-order valence-corrected chi connectivity index (χ0v) is 23.9. The molecule has 3 rings (SSSR count). The average Bonchev–Trinajstić information content (AvgIpc) is 2.98. The molecular formula is C34H36F3NO4. The van der Waals surface area contributed by atoms with E-state index in [1.807, 2.05) is 24.3 Å². The largest absolute Gasteiger partial charge is 0.494 e. The van der Waals surface area contributed by atoms with Crippen molar-refractivity contribution in [2.24, 2.45) is 0 Å². The number of alkyl halides is 3. The molecule has 1 N–H and O–H groups in total. The lowest BCUT2D eigenvalue weighted by Gasteiger charge is -2.30. The molecule has 0 bridgehead atoms. The van der Waals surface area contributed by atoms with Crippen molar-refractivity contribution >= 4 is 11.9 Å². The van der Waals surface area contributed by atoms with Crippen LogP contribution in [-0.2, 0) is 22.3 Å². The Labute approximate surface area is 245 Å². The van der Waals surface area contributed by atoms with Crippen LogP contribution in [0.15, 0.2) is 72.8 Å². The number of carboxylic acids is 1. The van der Waals surface area contributed by atoms with Gasteiger partial charge in [0.2, 0.25) is 0 Å². The average molecular weight is 580 g/mol. The monoisotopic (exact) mass is 579 g/mol. The summed E-state index contributed by atoms with van der Waals surface area (Å²) in [5.41, 5.74) is 1.83. The third-order valence-electron chi connectivity index (χ3n) is 6.86. The highest BCUT2D eigenvalue weighted by Crippen LogP contribution is 2.32. The molecule has 0 heterocycles. The Bertz CT molecular complexity index is 1360. The third kappa shape index (κ3) is 9.69. The second-order valence-corrected chi connectivity index (χ2v) is 10.0. The lowest BCUT2D eigenvalue weighted by atomic mass is 9.99. The second-order valence-electron chi connectivity index (χ2n) is 10.0. The number of carbonyl (C=O) groups excluding carboxylic acids is 1. The highest BCUT2D eigenvalue weighted by atomic mass is 19.4. The standard InChI is InChI=1S/C34H36F3NO4/c1-3-5-6-7-8-23-42-30-21-15-26(16-22-30)10-9-25-11-13-27(14-12-25)24-38(32(39)33(40)41)31(4-2)28-17-19-29(20-18-28)34(35,36)37/h11-22,31H,3-8,23-24H2,1-2H3,(H,40,41). The van der Waals surface area contributed by atoms with E-state index in [-0.39, 0.29) is 6.54 Å². The molecule has 0 aliphatic carbocycles. The molecule has 0 radical (unpaired) electrons. The Morgan fingerprint density at radius 3 is 1.93 bits per heavy atom. The molecule has 0 spiro atoms. The van der Waals surface area contributed by atoms with Gasteiger partial charge in [-0.15, -0.1) is 0 Å². The second kappa shape index (κ2) is 15.7. The van der Waals surface area contributed by atoms with Crippen molar-refractivity contribution in [2.75, 3.05) is 6.61 Å². The maximum atomic E-state index is 13.0. The fourth-order valence-electron chi connectivity index (χ4n) is 4.54. The number of hydrogen-bond donors (Lipinski definition) is 1. The Balaban J connectivity index is 1.66. The Morgan fingerprint density at radius 1 is 0.833 bits per heavy atom. The van der Waals surface area contributed by atoms with Gasteiger partial charge in [0.05, 0.1) is 18.2 Å². The number of hydrogen-bond acceptors (Lipinski definition) is 3. The normalized spacial score (nSPS) is 11.7. The van der Waals surface area contributed by atoms with Gasteiger partial charge in [-0.2, -0.15) is 13.2 Å². The molecule has 1 amide bonds. The summed E-state index contributed by atoms with van der Waals surface area (Å²) in [6.45, 7) is 4.60. The topological polar surface area (TPSA) is 66.8 Å². The molecule has 3 aromatic rings. The first kappa shape index (κ1) is 32.3. The van der Waals surface area contributed by atoms with Crippen LogP contribution in [0.5, 0.6) is 5.75 Å². The lowest BCUT2D eigenvalue weighted by molar-refractivity contribution is -0.157. The SMILES string of the molecule is CCCCCCCOc1ccc(C#Cc2ccc(CN(C(=O)C(=O)O)C(CC)c3ccc(C(F)(F)F)cc3)cc2)cc1. The van der Waals surface area contributed by atoms with E-state index in [9.17, 15) is 27.9 Å². The Hall–Kier alpha value is -4.25. The van der Waals surface area contributed by atoms with Gasteiger partial charge in [-0.1, -0.05) is 75.6 Å². The van der Waals surface area contributed by atoms with Gasteiger partial charge in [0.15, 0.2) is 0 Å². The molecule has 1 atom stereocenters. The number of aliphatic carboxylic acids is 1. The van der Waals surface area contributed by atoms with Gasteiger partial charge in [-0.05, 0) is 72.5 Å². The number of ether oxygens (including phenoxy) is 1. The summed E-state index contributed by atoms with van der Waals surface area (Å²) < 4.78 is 44.8. The Morgan fingerprint density at radius 2 is 1.40 bits per heavy atom. The smallest absolute Gasteiger partial charge is 0.416 e. The fourth-order valence-corrected chi connectivity index (χ4v) is 4.54. The van der Waals surface area contributed by atoms with Crippen molar-refractivity contribution in [3.8, 4) is 17.6 Å². The number of carbonyl (C=O) groups is 2. The summed E-state index contributed by atoms with van der Waals surface area (Å²) in [4.78, 5) is 25.4. The fraction of sp³-hybridized carbons (Fsp3) is 0.353. The molecule has 0 aromatic heterocycles. The van der Waals surface area contributed by atoms with Crippen LogP contribution in [0, 0.1) is 11.8 Å². The molecule has 0 saturated carbocycles. The van der Waals surface area contributed by atoms with Crippen LogP contribution in [0.1, 0.15) is 86.2 Å². The van der Waals surface area contributed by atoms with E-state index in [0.29, 0.717) is 24.2 Å². The van der Waals surface area contributed by atoms with E-state index >= 15 is 0 Å².